The molecular weight excluding hydrogens is 214 g/mol. The van der Waals surface area contributed by atoms with Crippen LogP contribution in [0.2, 0.25) is 0 Å². The number of nitrogens with two attached hydrogens (primary N) is 1. The Hall–Kier alpha value is -2.10. The molecular formula is C13H15N3O. The maximum absolute atomic E-state index is 11.3. The third kappa shape index (κ3) is 2.06. The van der Waals surface area contributed by atoms with Gasteiger partial charge in [0.1, 0.15) is 0 Å². The Morgan fingerprint density at radius 3 is 2.53 bits per heavy atom. The Morgan fingerprint density at radius 1 is 1.29 bits per heavy atom. The number of carbonyl (C=O) groups excluding carboxylic acids is 1. The van der Waals surface area contributed by atoms with Gasteiger partial charge in [0, 0.05) is 18.2 Å². The lowest BCUT2D eigenvalue weighted by Gasteiger charge is -2.06. The van der Waals surface area contributed by atoms with Gasteiger partial charge in [-0.05, 0) is 31.5 Å². The number of hydrogen-bond donors (Lipinski definition) is 1. The average Bonchev–Trinajstić information content (AvgIpc) is 2.58. The number of primary amides is 1. The van der Waals surface area contributed by atoms with Crippen LogP contribution < -0.4 is 5.73 Å². The Kier molecular flexibility index (Phi) is 2.71. The summed E-state index contributed by atoms with van der Waals surface area (Å²) in [6.45, 7) is 3.81. The van der Waals surface area contributed by atoms with E-state index in [2.05, 4.69) is 5.10 Å². The molecule has 0 bridgehead atoms. The van der Waals surface area contributed by atoms with Gasteiger partial charge >= 0.3 is 0 Å². The van der Waals surface area contributed by atoms with Crippen LogP contribution in [0.1, 0.15) is 21.6 Å². The second-order valence-corrected chi connectivity index (χ2v) is 4.19. The van der Waals surface area contributed by atoms with E-state index in [9.17, 15) is 4.79 Å². The number of amides is 1. The third-order valence-corrected chi connectivity index (χ3v) is 2.80. The van der Waals surface area contributed by atoms with E-state index in [-0.39, 0.29) is 0 Å². The summed E-state index contributed by atoms with van der Waals surface area (Å²) >= 11 is 0. The molecule has 0 fully saturated rings. The summed E-state index contributed by atoms with van der Waals surface area (Å²) in [6, 6.07) is 7.67. The van der Waals surface area contributed by atoms with Gasteiger partial charge in [-0.3, -0.25) is 9.48 Å². The summed E-state index contributed by atoms with van der Waals surface area (Å²) in [5, 5.41) is 4.28. The maximum atomic E-state index is 11.3. The van der Waals surface area contributed by atoms with Crippen LogP contribution in [-0.4, -0.2) is 15.7 Å². The van der Waals surface area contributed by atoms with Crippen molar-refractivity contribution < 1.29 is 4.79 Å². The van der Waals surface area contributed by atoms with Gasteiger partial charge in [-0.25, -0.2) is 0 Å². The highest BCUT2D eigenvalue weighted by Gasteiger charge is 2.10. The monoisotopic (exact) mass is 229 g/mol. The highest BCUT2D eigenvalue weighted by atomic mass is 16.1. The van der Waals surface area contributed by atoms with Crippen LogP contribution in [0.15, 0.2) is 24.3 Å². The van der Waals surface area contributed by atoms with E-state index < -0.39 is 5.91 Å². The molecule has 0 saturated carbocycles. The summed E-state index contributed by atoms with van der Waals surface area (Å²) in [5.74, 6) is -0.400. The molecule has 1 aromatic carbocycles. The smallest absolute Gasteiger partial charge is 0.248 e. The van der Waals surface area contributed by atoms with Crippen molar-refractivity contribution in [2.75, 3.05) is 0 Å². The predicted molar refractivity (Wildman–Crippen MR) is 66.6 cm³/mol. The second kappa shape index (κ2) is 4.05. The van der Waals surface area contributed by atoms with Crippen molar-refractivity contribution in [1.82, 2.24) is 9.78 Å². The van der Waals surface area contributed by atoms with E-state index in [0.717, 1.165) is 22.5 Å². The van der Waals surface area contributed by atoms with Crippen LogP contribution in [0.25, 0.3) is 11.3 Å². The van der Waals surface area contributed by atoms with E-state index in [0.29, 0.717) is 5.56 Å². The first-order valence-electron chi connectivity index (χ1n) is 5.40. The van der Waals surface area contributed by atoms with Gasteiger partial charge in [-0.2, -0.15) is 5.10 Å². The van der Waals surface area contributed by atoms with Crippen molar-refractivity contribution in [3.8, 4) is 11.3 Å². The molecule has 2 N–H and O–H groups in total. The summed E-state index contributed by atoms with van der Waals surface area (Å²) in [4.78, 5) is 11.3. The van der Waals surface area contributed by atoms with Gasteiger partial charge in [0.15, 0.2) is 0 Å². The lowest BCUT2D eigenvalue weighted by atomic mass is 10.0. The first-order valence-corrected chi connectivity index (χ1v) is 5.40. The number of aromatic nitrogens is 2. The Balaban J connectivity index is 2.57. The number of benzene rings is 1. The van der Waals surface area contributed by atoms with Gasteiger partial charge in [0.05, 0.1) is 11.4 Å². The van der Waals surface area contributed by atoms with Gasteiger partial charge < -0.3 is 5.73 Å². The molecule has 1 heterocycles. The first kappa shape index (κ1) is 11.4. The Bertz CT molecular complexity index is 584. The summed E-state index contributed by atoms with van der Waals surface area (Å²) < 4.78 is 1.80. The van der Waals surface area contributed by atoms with E-state index >= 15 is 0 Å². The van der Waals surface area contributed by atoms with Crippen LogP contribution in [0.3, 0.4) is 0 Å². The van der Waals surface area contributed by atoms with Crippen molar-refractivity contribution in [1.29, 1.82) is 0 Å². The summed E-state index contributed by atoms with van der Waals surface area (Å²) in [5.41, 5.74) is 9.67. The fraction of sp³-hybridized carbons (Fsp3) is 0.231. The van der Waals surface area contributed by atoms with Gasteiger partial charge in [-0.15, -0.1) is 0 Å². The minimum Gasteiger partial charge on any atom is -0.366 e. The molecule has 1 aromatic heterocycles. The SMILES string of the molecule is Cc1cc(-c2ccc(C)c(C(N)=O)c2)n(C)n1. The van der Waals surface area contributed by atoms with E-state index in [1.807, 2.05) is 45.2 Å². The highest BCUT2D eigenvalue weighted by Crippen LogP contribution is 2.22. The van der Waals surface area contributed by atoms with E-state index in [1.165, 1.54) is 0 Å². The Labute approximate surface area is 100 Å². The molecule has 0 radical (unpaired) electrons. The predicted octanol–water partition coefficient (Wildman–Crippen LogP) is 1.80. The van der Waals surface area contributed by atoms with Crippen LogP contribution in [0.5, 0.6) is 0 Å². The zero-order valence-electron chi connectivity index (χ0n) is 10.2. The van der Waals surface area contributed by atoms with Crippen molar-refractivity contribution in [3.63, 3.8) is 0 Å². The van der Waals surface area contributed by atoms with Crippen LogP contribution in [0.4, 0.5) is 0 Å². The maximum Gasteiger partial charge on any atom is 0.248 e. The van der Waals surface area contributed by atoms with Crippen molar-refractivity contribution in [2.24, 2.45) is 12.8 Å². The summed E-state index contributed by atoms with van der Waals surface area (Å²) in [7, 11) is 1.88. The molecule has 0 spiro atoms. The molecule has 0 atom stereocenters. The fourth-order valence-corrected chi connectivity index (χ4v) is 1.93. The van der Waals surface area contributed by atoms with Gasteiger partial charge in [-0.1, -0.05) is 12.1 Å². The number of aryl methyl sites for hydroxylation is 3. The van der Waals surface area contributed by atoms with Crippen LogP contribution in [0, 0.1) is 13.8 Å². The fourth-order valence-electron chi connectivity index (χ4n) is 1.93. The lowest BCUT2D eigenvalue weighted by molar-refractivity contribution is 0.1000. The molecule has 1 amide bonds. The minimum absolute atomic E-state index is 0.400. The van der Waals surface area contributed by atoms with Gasteiger partial charge in [0.25, 0.3) is 0 Å². The average molecular weight is 229 g/mol. The molecule has 0 unspecified atom stereocenters. The first-order chi connectivity index (χ1) is 7.99. The van der Waals surface area contributed by atoms with Crippen molar-refractivity contribution in [2.45, 2.75) is 13.8 Å². The largest absolute Gasteiger partial charge is 0.366 e. The zero-order chi connectivity index (χ0) is 12.6. The normalized spacial score (nSPS) is 10.5. The summed E-state index contributed by atoms with van der Waals surface area (Å²) in [6.07, 6.45) is 0. The quantitative estimate of drug-likeness (QED) is 0.853. The minimum atomic E-state index is -0.400. The number of rotatable bonds is 2. The van der Waals surface area contributed by atoms with Crippen molar-refractivity contribution >= 4 is 5.91 Å². The standard InChI is InChI=1S/C13H15N3O/c1-8-4-5-10(7-11(8)13(14)17)12-6-9(2)15-16(12)3/h4-7H,1-3H3,(H2,14,17). The molecule has 2 rings (SSSR count). The molecule has 2 aromatic rings. The second-order valence-electron chi connectivity index (χ2n) is 4.19. The number of hydrogen-bond acceptors (Lipinski definition) is 2. The van der Waals surface area contributed by atoms with Crippen LogP contribution >= 0.6 is 0 Å². The topological polar surface area (TPSA) is 60.9 Å². The molecule has 88 valence electrons. The Morgan fingerprint density at radius 2 is 2.00 bits per heavy atom. The van der Waals surface area contributed by atoms with E-state index in [4.69, 9.17) is 5.73 Å². The molecule has 4 heteroatoms. The molecule has 0 aliphatic carbocycles. The highest BCUT2D eigenvalue weighted by molar-refractivity contribution is 5.95. The number of carbonyl (C=O) groups is 1. The lowest BCUT2D eigenvalue weighted by Crippen LogP contribution is -2.12. The van der Waals surface area contributed by atoms with Gasteiger partial charge in [0.2, 0.25) is 5.91 Å². The molecule has 0 aliphatic rings. The molecule has 0 saturated heterocycles. The van der Waals surface area contributed by atoms with E-state index in [1.54, 1.807) is 4.68 Å². The third-order valence-electron chi connectivity index (χ3n) is 2.80. The molecule has 4 nitrogen and oxygen atoms in total. The zero-order valence-corrected chi connectivity index (χ0v) is 10.2. The molecule has 17 heavy (non-hydrogen) atoms. The van der Waals surface area contributed by atoms with Crippen molar-refractivity contribution in [3.05, 3.63) is 41.1 Å². The van der Waals surface area contributed by atoms with Crippen LogP contribution in [-0.2, 0) is 7.05 Å². The number of nitrogens with zero attached hydrogens (tertiary/aromatic N) is 2. The molecule has 0 aliphatic heterocycles.